The standard InChI is InChI=1S/C21H28N4O.HI/c1-3-22-21(23-14-17-5-4-6-20(26)13-17)24-18-11-12-25(15-18)19-9-7-16(2)8-10-19;/h4-10,13,18,26H,3,11-12,14-15H2,1-2H3,(H2,22,23,24);1H. The second kappa shape index (κ2) is 10.4. The van der Waals surface area contributed by atoms with Gasteiger partial charge in [0.05, 0.1) is 6.54 Å². The fraction of sp³-hybridized carbons (Fsp3) is 0.381. The molecule has 1 atom stereocenters. The maximum atomic E-state index is 9.58. The predicted octanol–water partition coefficient (Wildman–Crippen LogP) is 3.65. The van der Waals surface area contributed by atoms with Gasteiger partial charge in [-0.15, -0.1) is 24.0 Å². The summed E-state index contributed by atoms with van der Waals surface area (Å²) in [5, 5.41) is 16.4. The zero-order valence-electron chi connectivity index (χ0n) is 16.0. The highest BCUT2D eigenvalue weighted by Crippen LogP contribution is 2.20. The Bertz CT molecular complexity index is 748. The van der Waals surface area contributed by atoms with Crippen molar-refractivity contribution in [2.45, 2.75) is 32.9 Å². The van der Waals surface area contributed by atoms with Gasteiger partial charge in [-0.2, -0.15) is 0 Å². The Labute approximate surface area is 178 Å². The molecular weight excluding hydrogens is 451 g/mol. The van der Waals surface area contributed by atoms with Crippen LogP contribution >= 0.6 is 24.0 Å². The SMILES string of the molecule is CCNC(=NCc1cccc(O)c1)NC1CCN(c2ccc(C)cc2)C1.I. The van der Waals surface area contributed by atoms with Gasteiger partial charge < -0.3 is 20.6 Å². The Kier molecular flexibility index (Phi) is 8.22. The van der Waals surface area contributed by atoms with E-state index in [1.807, 2.05) is 12.1 Å². The van der Waals surface area contributed by atoms with Crippen molar-refractivity contribution in [3.63, 3.8) is 0 Å². The number of hydrogen-bond donors (Lipinski definition) is 3. The van der Waals surface area contributed by atoms with Crippen LogP contribution in [0.4, 0.5) is 5.69 Å². The molecule has 1 fully saturated rings. The van der Waals surface area contributed by atoms with Gasteiger partial charge in [0, 0.05) is 31.4 Å². The van der Waals surface area contributed by atoms with Crippen LogP contribution in [0.15, 0.2) is 53.5 Å². The van der Waals surface area contributed by atoms with Gasteiger partial charge in [0.2, 0.25) is 0 Å². The zero-order valence-corrected chi connectivity index (χ0v) is 18.3. The van der Waals surface area contributed by atoms with Crippen molar-refractivity contribution in [2.75, 3.05) is 24.5 Å². The van der Waals surface area contributed by atoms with Crippen molar-refractivity contribution in [3.05, 3.63) is 59.7 Å². The summed E-state index contributed by atoms with van der Waals surface area (Å²) in [5.74, 6) is 1.10. The summed E-state index contributed by atoms with van der Waals surface area (Å²) < 4.78 is 0. The topological polar surface area (TPSA) is 59.9 Å². The first kappa shape index (κ1) is 21.3. The first-order chi connectivity index (χ1) is 12.6. The fourth-order valence-electron chi connectivity index (χ4n) is 3.21. The lowest BCUT2D eigenvalue weighted by molar-refractivity contribution is 0.474. The molecule has 2 aromatic carbocycles. The number of benzene rings is 2. The maximum Gasteiger partial charge on any atom is 0.191 e. The summed E-state index contributed by atoms with van der Waals surface area (Å²) in [4.78, 5) is 7.08. The average molecular weight is 480 g/mol. The number of rotatable bonds is 5. The Balaban J connectivity index is 0.00000261. The number of aliphatic imine (C=N–C) groups is 1. The summed E-state index contributed by atoms with van der Waals surface area (Å²) in [6.07, 6.45) is 1.09. The molecule has 0 bridgehead atoms. The van der Waals surface area contributed by atoms with Crippen LogP contribution in [0.1, 0.15) is 24.5 Å². The summed E-state index contributed by atoms with van der Waals surface area (Å²) in [7, 11) is 0. The quantitative estimate of drug-likeness (QED) is 0.348. The molecule has 1 unspecified atom stereocenters. The third kappa shape index (κ3) is 6.30. The van der Waals surface area contributed by atoms with E-state index in [4.69, 9.17) is 0 Å². The van der Waals surface area contributed by atoms with Gasteiger partial charge in [-0.3, -0.25) is 0 Å². The monoisotopic (exact) mass is 480 g/mol. The van der Waals surface area contributed by atoms with Crippen molar-refractivity contribution in [1.29, 1.82) is 0 Å². The summed E-state index contributed by atoms with van der Waals surface area (Å²) in [6, 6.07) is 16.3. The van der Waals surface area contributed by atoms with Crippen LogP contribution in [0, 0.1) is 6.92 Å². The van der Waals surface area contributed by atoms with E-state index < -0.39 is 0 Å². The lowest BCUT2D eigenvalue weighted by Crippen LogP contribution is -2.44. The highest BCUT2D eigenvalue weighted by atomic mass is 127. The number of phenols is 1. The van der Waals surface area contributed by atoms with Crippen LogP contribution < -0.4 is 15.5 Å². The van der Waals surface area contributed by atoms with Gasteiger partial charge in [-0.05, 0) is 50.1 Å². The molecule has 5 nitrogen and oxygen atoms in total. The number of guanidine groups is 1. The number of aryl methyl sites for hydroxylation is 1. The minimum Gasteiger partial charge on any atom is -0.508 e. The number of phenolic OH excluding ortho intramolecular Hbond substituents is 1. The molecule has 1 aliphatic heterocycles. The summed E-state index contributed by atoms with van der Waals surface area (Å²) in [6.45, 7) is 7.56. The average Bonchev–Trinajstić information content (AvgIpc) is 3.09. The normalized spacial score (nSPS) is 16.7. The van der Waals surface area contributed by atoms with Gasteiger partial charge in [0.1, 0.15) is 5.75 Å². The second-order valence-electron chi connectivity index (χ2n) is 6.78. The molecule has 146 valence electrons. The van der Waals surface area contributed by atoms with E-state index >= 15 is 0 Å². The molecule has 27 heavy (non-hydrogen) atoms. The first-order valence-corrected chi connectivity index (χ1v) is 9.28. The third-order valence-electron chi connectivity index (χ3n) is 4.60. The highest BCUT2D eigenvalue weighted by molar-refractivity contribution is 14.0. The highest BCUT2D eigenvalue weighted by Gasteiger charge is 2.23. The molecule has 0 aromatic heterocycles. The number of hydrogen-bond acceptors (Lipinski definition) is 3. The maximum absolute atomic E-state index is 9.58. The van der Waals surface area contributed by atoms with Crippen LogP contribution in [0.2, 0.25) is 0 Å². The molecule has 1 heterocycles. The van der Waals surface area contributed by atoms with Crippen LogP contribution in [0.3, 0.4) is 0 Å². The molecule has 6 heteroatoms. The number of nitrogens with one attached hydrogen (secondary N) is 2. The van der Waals surface area contributed by atoms with Gasteiger partial charge in [0.25, 0.3) is 0 Å². The van der Waals surface area contributed by atoms with E-state index in [0.717, 1.165) is 37.6 Å². The van der Waals surface area contributed by atoms with Crippen LogP contribution in [-0.4, -0.2) is 36.7 Å². The second-order valence-corrected chi connectivity index (χ2v) is 6.78. The van der Waals surface area contributed by atoms with Crippen molar-refractivity contribution >= 4 is 35.6 Å². The smallest absolute Gasteiger partial charge is 0.191 e. The van der Waals surface area contributed by atoms with E-state index in [-0.39, 0.29) is 29.7 Å². The van der Waals surface area contributed by atoms with E-state index in [1.165, 1.54) is 11.3 Å². The minimum atomic E-state index is 0. The van der Waals surface area contributed by atoms with E-state index in [0.29, 0.717) is 12.6 Å². The van der Waals surface area contributed by atoms with Gasteiger partial charge >= 0.3 is 0 Å². The zero-order chi connectivity index (χ0) is 18.4. The number of anilines is 1. The van der Waals surface area contributed by atoms with E-state index in [2.05, 4.69) is 58.6 Å². The molecule has 0 spiro atoms. The molecule has 2 aromatic rings. The predicted molar refractivity (Wildman–Crippen MR) is 123 cm³/mol. The van der Waals surface area contributed by atoms with Gasteiger partial charge in [-0.1, -0.05) is 29.8 Å². The molecular formula is C21H29IN4O. The third-order valence-corrected chi connectivity index (χ3v) is 4.60. The van der Waals surface area contributed by atoms with Crippen molar-refractivity contribution in [3.8, 4) is 5.75 Å². The van der Waals surface area contributed by atoms with Crippen molar-refractivity contribution < 1.29 is 5.11 Å². The largest absolute Gasteiger partial charge is 0.508 e. The number of aromatic hydroxyl groups is 1. The molecule has 0 aliphatic carbocycles. The summed E-state index contributed by atoms with van der Waals surface area (Å²) in [5.41, 5.74) is 3.56. The van der Waals surface area contributed by atoms with Crippen LogP contribution in [-0.2, 0) is 6.54 Å². The fourth-order valence-corrected chi connectivity index (χ4v) is 3.21. The van der Waals surface area contributed by atoms with Crippen LogP contribution in [0.5, 0.6) is 5.75 Å². The Morgan fingerprint density at radius 1 is 1.22 bits per heavy atom. The molecule has 1 aliphatic rings. The first-order valence-electron chi connectivity index (χ1n) is 9.28. The lowest BCUT2D eigenvalue weighted by Gasteiger charge is -2.20. The van der Waals surface area contributed by atoms with Crippen molar-refractivity contribution in [2.24, 2.45) is 4.99 Å². The van der Waals surface area contributed by atoms with Crippen molar-refractivity contribution in [1.82, 2.24) is 10.6 Å². The van der Waals surface area contributed by atoms with E-state index in [1.54, 1.807) is 12.1 Å². The van der Waals surface area contributed by atoms with Gasteiger partial charge in [-0.25, -0.2) is 4.99 Å². The van der Waals surface area contributed by atoms with E-state index in [9.17, 15) is 5.11 Å². The number of halogens is 1. The molecule has 3 rings (SSSR count). The van der Waals surface area contributed by atoms with Gasteiger partial charge in [0.15, 0.2) is 5.96 Å². The Hall–Kier alpha value is -1.96. The lowest BCUT2D eigenvalue weighted by atomic mass is 10.2. The molecule has 1 saturated heterocycles. The molecule has 3 N–H and O–H groups in total. The Morgan fingerprint density at radius 3 is 2.70 bits per heavy atom. The molecule has 0 saturated carbocycles. The summed E-state index contributed by atoms with van der Waals surface area (Å²) >= 11 is 0. The van der Waals surface area contributed by atoms with Crippen LogP contribution in [0.25, 0.3) is 0 Å². The molecule has 0 amide bonds. The Morgan fingerprint density at radius 2 is 2.00 bits per heavy atom. The molecule has 0 radical (unpaired) electrons. The minimum absolute atomic E-state index is 0. The number of nitrogens with zero attached hydrogens (tertiary/aromatic N) is 2.